The summed E-state index contributed by atoms with van der Waals surface area (Å²) in [5.74, 6) is 0.965. The molecule has 5 heteroatoms. The van der Waals surface area contributed by atoms with Gasteiger partial charge in [-0.05, 0) is 30.3 Å². The molecule has 0 spiro atoms. The van der Waals surface area contributed by atoms with Crippen LogP contribution in [0.25, 0.3) is 0 Å². The van der Waals surface area contributed by atoms with Gasteiger partial charge in [-0.15, -0.1) is 0 Å². The van der Waals surface area contributed by atoms with Gasteiger partial charge >= 0.3 is 0 Å². The van der Waals surface area contributed by atoms with Gasteiger partial charge in [0.15, 0.2) is 0 Å². The molecule has 0 saturated heterocycles. The van der Waals surface area contributed by atoms with Gasteiger partial charge in [-0.2, -0.15) is 0 Å². The van der Waals surface area contributed by atoms with Crippen molar-refractivity contribution in [3.63, 3.8) is 0 Å². The number of hydrogen-bond donors (Lipinski definition) is 0. The molecule has 0 unspecified atom stereocenters. The number of nitrogens with zero attached hydrogens (tertiary/aromatic N) is 1. The summed E-state index contributed by atoms with van der Waals surface area (Å²) in [5.41, 5.74) is 0.853. The Hall–Kier alpha value is -2.56. The largest absolute Gasteiger partial charge is 0.496 e. The fourth-order valence-corrected chi connectivity index (χ4v) is 2.10. The fraction of sp³-hybridized carbons (Fsp3) is 0.278. The lowest BCUT2D eigenvalue weighted by atomic mass is 10.1. The molecule has 23 heavy (non-hydrogen) atoms. The summed E-state index contributed by atoms with van der Waals surface area (Å²) < 4.78 is 23.5. The molecule has 0 aliphatic rings. The maximum atomic E-state index is 12.8. The number of likely N-dealkylation sites (N-methyl/N-ethyl adjacent to an activating group) is 1. The van der Waals surface area contributed by atoms with Crippen molar-refractivity contribution < 1.29 is 18.7 Å². The minimum atomic E-state index is -0.304. The quantitative estimate of drug-likeness (QED) is 0.788. The van der Waals surface area contributed by atoms with E-state index in [1.807, 2.05) is 24.3 Å². The van der Waals surface area contributed by atoms with Gasteiger partial charge in [-0.3, -0.25) is 4.79 Å². The average molecular weight is 317 g/mol. The lowest BCUT2D eigenvalue weighted by Crippen LogP contribution is -2.32. The average Bonchev–Trinajstić information content (AvgIpc) is 2.57. The highest BCUT2D eigenvalue weighted by Crippen LogP contribution is 2.18. The molecule has 0 atom stereocenters. The number of hydrogen-bond acceptors (Lipinski definition) is 3. The van der Waals surface area contributed by atoms with Crippen molar-refractivity contribution in [2.45, 2.75) is 6.42 Å². The van der Waals surface area contributed by atoms with Gasteiger partial charge in [0.2, 0.25) is 5.91 Å². The van der Waals surface area contributed by atoms with E-state index in [4.69, 9.17) is 9.47 Å². The Morgan fingerprint density at radius 2 is 1.83 bits per heavy atom. The molecule has 0 fully saturated rings. The number of halogens is 1. The number of para-hydroxylation sites is 1. The van der Waals surface area contributed by atoms with E-state index < -0.39 is 0 Å². The summed E-state index contributed by atoms with van der Waals surface area (Å²) in [6.45, 7) is 0.797. The van der Waals surface area contributed by atoms with Gasteiger partial charge in [0.25, 0.3) is 0 Å². The lowest BCUT2D eigenvalue weighted by Gasteiger charge is -2.18. The van der Waals surface area contributed by atoms with E-state index in [1.54, 1.807) is 31.2 Å². The SMILES string of the molecule is COc1ccccc1CC(=O)N(C)CCOc1ccc(F)cc1. The Balaban J connectivity index is 1.81. The van der Waals surface area contributed by atoms with Crippen molar-refractivity contribution in [2.75, 3.05) is 27.3 Å². The van der Waals surface area contributed by atoms with E-state index in [-0.39, 0.29) is 18.1 Å². The van der Waals surface area contributed by atoms with Crippen molar-refractivity contribution in [1.82, 2.24) is 4.90 Å². The first-order valence-electron chi connectivity index (χ1n) is 7.34. The van der Waals surface area contributed by atoms with Crippen LogP contribution in [0.1, 0.15) is 5.56 Å². The van der Waals surface area contributed by atoms with Crippen LogP contribution in [0.2, 0.25) is 0 Å². The zero-order chi connectivity index (χ0) is 16.7. The number of rotatable bonds is 7. The van der Waals surface area contributed by atoms with E-state index in [0.29, 0.717) is 24.7 Å². The third kappa shape index (κ3) is 4.98. The summed E-state index contributed by atoms with van der Waals surface area (Å²) in [7, 11) is 3.31. The molecular weight excluding hydrogens is 297 g/mol. The second-order valence-corrected chi connectivity index (χ2v) is 5.11. The van der Waals surface area contributed by atoms with E-state index >= 15 is 0 Å². The number of carbonyl (C=O) groups excluding carboxylic acids is 1. The summed E-state index contributed by atoms with van der Waals surface area (Å²) in [6, 6.07) is 13.3. The molecule has 4 nitrogen and oxygen atoms in total. The van der Waals surface area contributed by atoms with Gasteiger partial charge in [0.05, 0.1) is 20.1 Å². The number of amides is 1. The predicted octanol–water partition coefficient (Wildman–Crippen LogP) is 2.91. The van der Waals surface area contributed by atoms with E-state index in [9.17, 15) is 9.18 Å². The highest BCUT2D eigenvalue weighted by Gasteiger charge is 2.12. The second-order valence-electron chi connectivity index (χ2n) is 5.11. The van der Waals surface area contributed by atoms with E-state index in [1.165, 1.54) is 12.1 Å². The topological polar surface area (TPSA) is 38.8 Å². The molecule has 0 saturated carbocycles. The van der Waals surface area contributed by atoms with E-state index in [2.05, 4.69) is 0 Å². The minimum Gasteiger partial charge on any atom is -0.496 e. The third-order valence-corrected chi connectivity index (χ3v) is 3.47. The molecule has 0 aromatic heterocycles. The van der Waals surface area contributed by atoms with Crippen LogP contribution in [0, 0.1) is 5.82 Å². The first-order valence-corrected chi connectivity index (χ1v) is 7.34. The standard InChI is InChI=1S/C18H20FNO3/c1-20(11-12-23-16-9-7-15(19)8-10-16)18(21)13-14-5-3-4-6-17(14)22-2/h3-10H,11-13H2,1-2H3. The van der Waals surface area contributed by atoms with Crippen molar-refractivity contribution in [3.05, 3.63) is 59.9 Å². The molecule has 0 bridgehead atoms. The molecule has 0 aliphatic heterocycles. The van der Waals surface area contributed by atoms with Crippen LogP contribution in [0.3, 0.4) is 0 Å². The smallest absolute Gasteiger partial charge is 0.226 e. The molecule has 1 amide bonds. The highest BCUT2D eigenvalue weighted by molar-refractivity contribution is 5.79. The zero-order valence-electron chi connectivity index (χ0n) is 13.3. The first kappa shape index (κ1) is 16.8. The molecule has 0 aliphatic carbocycles. The summed E-state index contributed by atoms with van der Waals surface area (Å²) in [6.07, 6.45) is 0.275. The molecular formula is C18H20FNO3. The van der Waals surface area contributed by atoms with Crippen LogP contribution in [0.4, 0.5) is 4.39 Å². The fourth-order valence-electron chi connectivity index (χ4n) is 2.10. The van der Waals surface area contributed by atoms with Crippen molar-refractivity contribution in [2.24, 2.45) is 0 Å². The monoisotopic (exact) mass is 317 g/mol. The van der Waals surface area contributed by atoms with Gasteiger partial charge < -0.3 is 14.4 Å². The zero-order valence-corrected chi connectivity index (χ0v) is 13.3. The summed E-state index contributed by atoms with van der Waals surface area (Å²) in [5, 5.41) is 0. The summed E-state index contributed by atoms with van der Waals surface area (Å²) >= 11 is 0. The molecule has 2 rings (SSSR count). The maximum absolute atomic E-state index is 12.8. The number of methoxy groups -OCH3 is 1. The molecule has 0 radical (unpaired) electrons. The Kier molecular flexibility index (Phi) is 5.97. The van der Waals surface area contributed by atoms with Crippen LogP contribution >= 0.6 is 0 Å². The van der Waals surface area contributed by atoms with Crippen LogP contribution in [0.15, 0.2) is 48.5 Å². The Morgan fingerprint density at radius 1 is 1.13 bits per heavy atom. The normalized spacial score (nSPS) is 10.2. The van der Waals surface area contributed by atoms with Gasteiger partial charge in [-0.1, -0.05) is 18.2 Å². The Morgan fingerprint density at radius 3 is 2.52 bits per heavy atom. The number of benzene rings is 2. The lowest BCUT2D eigenvalue weighted by molar-refractivity contribution is -0.129. The van der Waals surface area contributed by atoms with Crippen molar-refractivity contribution in [3.8, 4) is 11.5 Å². The first-order chi connectivity index (χ1) is 11.1. The molecule has 2 aromatic carbocycles. The van der Waals surface area contributed by atoms with Crippen molar-refractivity contribution in [1.29, 1.82) is 0 Å². The van der Waals surface area contributed by atoms with Crippen LogP contribution in [-0.2, 0) is 11.2 Å². The predicted molar refractivity (Wildman–Crippen MR) is 86.2 cm³/mol. The Labute approximate surface area is 135 Å². The van der Waals surface area contributed by atoms with Gasteiger partial charge in [-0.25, -0.2) is 4.39 Å². The number of ether oxygens (including phenoxy) is 2. The van der Waals surface area contributed by atoms with Crippen LogP contribution < -0.4 is 9.47 Å². The van der Waals surface area contributed by atoms with Gasteiger partial charge in [0.1, 0.15) is 23.9 Å². The second kappa shape index (κ2) is 8.17. The van der Waals surface area contributed by atoms with E-state index in [0.717, 1.165) is 5.56 Å². The molecule has 0 N–H and O–H groups in total. The van der Waals surface area contributed by atoms with Crippen molar-refractivity contribution >= 4 is 5.91 Å². The molecule has 0 heterocycles. The minimum absolute atomic E-state index is 0.0165. The summed E-state index contributed by atoms with van der Waals surface area (Å²) in [4.78, 5) is 13.8. The molecule has 2 aromatic rings. The highest BCUT2D eigenvalue weighted by atomic mass is 19.1. The molecule has 122 valence electrons. The third-order valence-electron chi connectivity index (χ3n) is 3.47. The van der Waals surface area contributed by atoms with Crippen LogP contribution in [0.5, 0.6) is 11.5 Å². The van der Waals surface area contributed by atoms with Crippen LogP contribution in [-0.4, -0.2) is 38.1 Å². The van der Waals surface area contributed by atoms with Gasteiger partial charge in [0, 0.05) is 12.6 Å². The maximum Gasteiger partial charge on any atom is 0.226 e. The Bertz CT molecular complexity index is 643. The number of carbonyl (C=O) groups is 1.